The van der Waals surface area contributed by atoms with Crippen molar-refractivity contribution in [3.05, 3.63) is 23.3 Å². The second-order valence-electron chi connectivity index (χ2n) is 3.67. The molecular formula is C12H12O5. The van der Waals surface area contributed by atoms with Crippen LogP contribution in [0.2, 0.25) is 0 Å². The topological polar surface area (TPSA) is 61.8 Å². The molecule has 0 saturated heterocycles. The van der Waals surface area contributed by atoms with E-state index >= 15 is 0 Å². The third-order valence-electron chi connectivity index (χ3n) is 2.50. The van der Waals surface area contributed by atoms with Crippen molar-refractivity contribution in [2.24, 2.45) is 0 Å². The molecule has 0 amide bonds. The summed E-state index contributed by atoms with van der Waals surface area (Å²) in [6.07, 6.45) is 0.188. The lowest BCUT2D eigenvalue weighted by molar-refractivity contribution is -0.145. The van der Waals surface area contributed by atoms with Crippen molar-refractivity contribution >= 4 is 11.9 Å². The highest BCUT2D eigenvalue weighted by atomic mass is 16.6. The number of hydrogen-bond donors (Lipinski definition) is 0. The van der Waals surface area contributed by atoms with Gasteiger partial charge in [0.25, 0.3) is 0 Å². The van der Waals surface area contributed by atoms with E-state index in [4.69, 9.17) is 14.2 Å². The van der Waals surface area contributed by atoms with Gasteiger partial charge in [0.2, 0.25) is 0 Å². The number of cyclic esters (lactones) is 1. The van der Waals surface area contributed by atoms with Gasteiger partial charge in [-0.3, -0.25) is 9.59 Å². The van der Waals surface area contributed by atoms with E-state index in [2.05, 4.69) is 0 Å². The van der Waals surface area contributed by atoms with Gasteiger partial charge in [-0.15, -0.1) is 0 Å². The molecule has 0 N–H and O–H groups in total. The molecule has 1 aliphatic rings. The summed E-state index contributed by atoms with van der Waals surface area (Å²) in [7, 11) is 1.49. The predicted octanol–water partition coefficient (Wildman–Crippen LogP) is 1.22. The summed E-state index contributed by atoms with van der Waals surface area (Å²) >= 11 is 0. The van der Waals surface area contributed by atoms with Gasteiger partial charge in [0.15, 0.2) is 11.5 Å². The number of carbonyl (C=O) groups excluding carboxylic acids is 2. The molecule has 0 unspecified atom stereocenters. The van der Waals surface area contributed by atoms with Crippen LogP contribution in [0.5, 0.6) is 11.5 Å². The molecule has 1 aromatic carbocycles. The molecule has 1 aromatic rings. The number of carbonyl (C=O) groups is 2. The molecule has 2 rings (SSSR count). The number of rotatable bonds is 2. The zero-order valence-corrected chi connectivity index (χ0v) is 9.61. The van der Waals surface area contributed by atoms with Crippen molar-refractivity contribution in [1.82, 2.24) is 0 Å². The van der Waals surface area contributed by atoms with E-state index < -0.39 is 5.97 Å². The monoisotopic (exact) mass is 236 g/mol. The van der Waals surface area contributed by atoms with E-state index in [-0.39, 0.29) is 19.0 Å². The molecule has 0 aromatic heterocycles. The molecule has 0 saturated carbocycles. The first-order valence-electron chi connectivity index (χ1n) is 5.14. The van der Waals surface area contributed by atoms with Gasteiger partial charge in [0, 0.05) is 12.5 Å². The minimum atomic E-state index is -0.436. The van der Waals surface area contributed by atoms with E-state index in [0.717, 1.165) is 5.56 Å². The van der Waals surface area contributed by atoms with E-state index in [1.165, 1.54) is 14.0 Å². The van der Waals surface area contributed by atoms with E-state index in [9.17, 15) is 9.59 Å². The van der Waals surface area contributed by atoms with Gasteiger partial charge < -0.3 is 14.2 Å². The van der Waals surface area contributed by atoms with Gasteiger partial charge in [0.1, 0.15) is 6.61 Å². The fraction of sp³-hybridized carbons (Fsp3) is 0.333. The quantitative estimate of drug-likeness (QED) is 0.570. The zero-order chi connectivity index (χ0) is 12.4. The number of hydrogen-bond acceptors (Lipinski definition) is 5. The van der Waals surface area contributed by atoms with Crippen molar-refractivity contribution in [1.29, 1.82) is 0 Å². The van der Waals surface area contributed by atoms with Gasteiger partial charge in [0.05, 0.1) is 13.5 Å². The first kappa shape index (κ1) is 11.4. The zero-order valence-electron chi connectivity index (χ0n) is 9.61. The highest BCUT2D eigenvalue weighted by molar-refractivity contribution is 5.77. The number of benzene rings is 1. The first-order valence-corrected chi connectivity index (χ1v) is 5.14. The maximum atomic E-state index is 11.2. The van der Waals surface area contributed by atoms with Crippen LogP contribution in [0.4, 0.5) is 0 Å². The second-order valence-corrected chi connectivity index (χ2v) is 3.67. The van der Waals surface area contributed by atoms with Gasteiger partial charge in [-0.2, -0.15) is 0 Å². The molecule has 1 aliphatic heterocycles. The Morgan fingerprint density at radius 2 is 2.18 bits per heavy atom. The van der Waals surface area contributed by atoms with Crippen LogP contribution in [0.1, 0.15) is 18.1 Å². The van der Waals surface area contributed by atoms with E-state index in [1.807, 2.05) is 0 Å². The van der Waals surface area contributed by atoms with Gasteiger partial charge in [-0.1, -0.05) is 6.07 Å². The van der Waals surface area contributed by atoms with E-state index in [1.54, 1.807) is 12.1 Å². The summed E-state index contributed by atoms with van der Waals surface area (Å²) in [6.45, 7) is 1.42. The van der Waals surface area contributed by atoms with Crippen molar-refractivity contribution in [2.75, 3.05) is 7.11 Å². The Morgan fingerprint density at radius 3 is 2.82 bits per heavy atom. The predicted molar refractivity (Wildman–Crippen MR) is 57.8 cm³/mol. The van der Waals surface area contributed by atoms with Crippen LogP contribution in [0.15, 0.2) is 12.1 Å². The lowest BCUT2D eigenvalue weighted by Crippen LogP contribution is -2.18. The first-order chi connectivity index (χ1) is 8.11. The minimum Gasteiger partial charge on any atom is -0.493 e. The summed E-state index contributed by atoms with van der Waals surface area (Å²) in [4.78, 5) is 22.2. The fourth-order valence-corrected chi connectivity index (χ4v) is 1.75. The smallest absolute Gasteiger partial charge is 0.310 e. The lowest BCUT2D eigenvalue weighted by Gasteiger charge is -2.20. The average molecular weight is 236 g/mol. The normalized spacial score (nSPS) is 13.6. The summed E-state index contributed by atoms with van der Waals surface area (Å²) in [5, 5.41) is 0. The molecular weight excluding hydrogens is 224 g/mol. The largest absolute Gasteiger partial charge is 0.493 e. The van der Waals surface area contributed by atoms with Crippen LogP contribution in [-0.2, 0) is 27.4 Å². The highest BCUT2D eigenvalue weighted by Gasteiger charge is 2.23. The number of methoxy groups -OCH3 is 1. The van der Waals surface area contributed by atoms with Crippen molar-refractivity contribution in [3.8, 4) is 11.5 Å². The Morgan fingerprint density at radius 1 is 1.41 bits per heavy atom. The van der Waals surface area contributed by atoms with E-state index in [0.29, 0.717) is 17.1 Å². The van der Waals surface area contributed by atoms with Crippen LogP contribution >= 0.6 is 0 Å². The Hall–Kier alpha value is -2.04. The van der Waals surface area contributed by atoms with Crippen LogP contribution in [0, 0.1) is 0 Å². The Balaban J connectivity index is 2.48. The molecule has 0 radical (unpaired) electrons. The minimum absolute atomic E-state index is 0.105. The molecule has 0 spiro atoms. The molecule has 0 bridgehead atoms. The third-order valence-corrected chi connectivity index (χ3v) is 2.50. The van der Waals surface area contributed by atoms with Crippen LogP contribution in [-0.4, -0.2) is 19.0 Å². The third kappa shape index (κ3) is 2.22. The maximum absolute atomic E-state index is 11.2. The fourth-order valence-electron chi connectivity index (χ4n) is 1.75. The maximum Gasteiger partial charge on any atom is 0.310 e. The Bertz CT molecular complexity index is 478. The van der Waals surface area contributed by atoms with Gasteiger partial charge >= 0.3 is 11.9 Å². The van der Waals surface area contributed by atoms with Crippen LogP contribution in [0.25, 0.3) is 0 Å². The lowest BCUT2D eigenvalue weighted by atomic mass is 10.0. The van der Waals surface area contributed by atoms with Crippen molar-refractivity contribution in [3.63, 3.8) is 0 Å². The van der Waals surface area contributed by atoms with Crippen molar-refractivity contribution < 1.29 is 23.8 Å². The highest BCUT2D eigenvalue weighted by Crippen LogP contribution is 2.36. The second kappa shape index (κ2) is 4.45. The van der Waals surface area contributed by atoms with Crippen molar-refractivity contribution in [2.45, 2.75) is 20.0 Å². The molecule has 5 heteroatoms. The average Bonchev–Trinajstić information content (AvgIpc) is 2.28. The summed E-state index contributed by atoms with van der Waals surface area (Å²) in [5.74, 6) is 0.0759. The Kier molecular flexibility index (Phi) is 2.99. The van der Waals surface area contributed by atoms with Crippen LogP contribution in [0.3, 0.4) is 0 Å². The number of fused-ring (bicyclic) bond motifs is 1. The summed E-state index contributed by atoms with van der Waals surface area (Å²) < 4.78 is 15.2. The number of ether oxygens (including phenoxy) is 3. The molecule has 1 heterocycles. The molecule has 90 valence electrons. The molecule has 0 aliphatic carbocycles. The molecule has 0 atom stereocenters. The van der Waals surface area contributed by atoms with Crippen LogP contribution < -0.4 is 9.47 Å². The Labute approximate surface area is 98.3 Å². The molecule has 17 heavy (non-hydrogen) atoms. The molecule has 0 fully saturated rings. The summed E-state index contributed by atoms with van der Waals surface area (Å²) in [5.41, 5.74) is 1.50. The standard InChI is InChI=1S/C12H12O5/c1-7(13)17-12-9-6-16-11(14)5-8(9)3-4-10(12)15-2/h3-4H,5-6H2,1-2H3. The van der Waals surface area contributed by atoms with Gasteiger partial charge in [-0.25, -0.2) is 0 Å². The van der Waals surface area contributed by atoms with Gasteiger partial charge in [-0.05, 0) is 11.6 Å². The molecule has 5 nitrogen and oxygen atoms in total. The SMILES string of the molecule is COc1ccc2c(c1OC(C)=O)COC(=O)C2. The summed E-state index contributed by atoms with van der Waals surface area (Å²) in [6, 6.07) is 3.46. The number of esters is 2.